The molecule has 1 aromatic heterocycles. The van der Waals surface area contributed by atoms with Crippen LogP contribution in [-0.4, -0.2) is 27.9 Å². The van der Waals surface area contributed by atoms with Crippen molar-refractivity contribution in [3.8, 4) is 11.5 Å². The molecule has 2 heterocycles. The lowest BCUT2D eigenvalue weighted by molar-refractivity contribution is -0.128. The van der Waals surface area contributed by atoms with E-state index in [1.165, 1.54) is 11.2 Å². The summed E-state index contributed by atoms with van der Waals surface area (Å²) in [5, 5.41) is 2.69. The zero-order valence-electron chi connectivity index (χ0n) is 12.3. The van der Waals surface area contributed by atoms with Crippen LogP contribution in [0.15, 0.2) is 41.0 Å². The van der Waals surface area contributed by atoms with Gasteiger partial charge in [0.1, 0.15) is 12.3 Å². The van der Waals surface area contributed by atoms with E-state index in [0.29, 0.717) is 18.0 Å². The summed E-state index contributed by atoms with van der Waals surface area (Å²) in [4.78, 5) is 29.6. The van der Waals surface area contributed by atoms with Gasteiger partial charge in [0.05, 0.1) is 12.2 Å². The summed E-state index contributed by atoms with van der Waals surface area (Å²) < 4.78 is 5.43. The Bertz CT molecular complexity index is 681. The summed E-state index contributed by atoms with van der Waals surface area (Å²) in [6, 6.07) is 8.69. The number of imide groups is 1. The molecule has 3 amide bonds. The Labute approximate surface area is 128 Å². The molecule has 1 aromatic carbocycles. The number of nitrogens with one attached hydrogen (secondary N) is 1. The van der Waals surface area contributed by atoms with Gasteiger partial charge < -0.3 is 9.73 Å². The third-order valence-corrected chi connectivity index (χ3v) is 3.58. The lowest BCUT2D eigenvalue weighted by atomic mass is 10.2. The van der Waals surface area contributed by atoms with Gasteiger partial charge in [-0.05, 0) is 18.6 Å². The minimum absolute atomic E-state index is 0.126. The summed E-state index contributed by atoms with van der Waals surface area (Å²) in [7, 11) is 0. The average Bonchev–Trinajstić information content (AvgIpc) is 3.10. The molecule has 1 N–H and O–H groups in total. The number of hydrogen-bond donors (Lipinski definition) is 1. The summed E-state index contributed by atoms with van der Waals surface area (Å²) in [5.74, 6) is 0.281. The topological polar surface area (TPSA) is 75.4 Å². The number of carbonyl (C=O) groups excluding carboxylic acids is 2. The lowest BCUT2D eigenvalue weighted by Gasteiger charge is -2.10. The van der Waals surface area contributed by atoms with Crippen molar-refractivity contribution in [1.82, 2.24) is 15.2 Å². The second-order valence-corrected chi connectivity index (χ2v) is 5.23. The monoisotopic (exact) mass is 299 g/mol. The van der Waals surface area contributed by atoms with Crippen molar-refractivity contribution in [1.29, 1.82) is 0 Å². The summed E-state index contributed by atoms with van der Waals surface area (Å²) >= 11 is 0. The third-order valence-electron chi connectivity index (χ3n) is 3.58. The van der Waals surface area contributed by atoms with E-state index in [1.54, 1.807) is 0 Å². The molecule has 0 radical (unpaired) electrons. The Balaban J connectivity index is 1.73. The quantitative estimate of drug-likeness (QED) is 0.861. The van der Waals surface area contributed by atoms with Crippen molar-refractivity contribution in [2.45, 2.75) is 32.4 Å². The molecule has 1 fully saturated rings. The molecule has 0 spiro atoms. The van der Waals surface area contributed by atoms with E-state index in [2.05, 4.69) is 10.3 Å². The zero-order chi connectivity index (χ0) is 15.5. The van der Waals surface area contributed by atoms with Crippen LogP contribution in [0.4, 0.5) is 4.79 Å². The minimum atomic E-state index is -0.419. The van der Waals surface area contributed by atoms with Crippen molar-refractivity contribution in [3.63, 3.8) is 0 Å². The van der Waals surface area contributed by atoms with Crippen LogP contribution < -0.4 is 5.32 Å². The Morgan fingerprint density at radius 3 is 2.77 bits per heavy atom. The number of nitrogens with zero attached hydrogens (tertiary/aromatic N) is 2. The van der Waals surface area contributed by atoms with E-state index < -0.39 is 6.04 Å². The molecule has 3 rings (SSSR count). The third kappa shape index (κ3) is 2.72. The van der Waals surface area contributed by atoms with E-state index in [1.807, 2.05) is 37.3 Å². The molecule has 1 saturated heterocycles. The molecule has 2 aromatic rings. The van der Waals surface area contributed by atoms with Gasteiger partial charge in [0, 0.05) is 5.56 Å². The largest absolute Gasteiger partial charge is 0.444 e. The molecule has 1 atom stereocenters. The zero-order valence-corrected chi connectivity index (χ0v) is 12.3. The van der Waals surface area contributed by atoms with Gasteiger partial charge in [-0.1, -0.05) is 31.5 Å². The normalized spacial score (nSPS) is 17.9. The number of hydrogen-bond acceptors (Lipinski definition) is 4. The highest BCUT2D eigenvalue weighted by molar-refractivity contribution is 6.04. The van der Waals surface area contributed by atoms with Gasteiger partial charge in [0.15, 0.2) is 0 Å². The fraction of sp³-hybridized carbons (Fsp3) is 0.312. The molecule has 1 aliphatic heterocycles. The summed E-state index contributed by atoms with van der Waals surface area (Å²) in [6.07, 6.45) is 2.97. The lowest BCUT2D eigenvalue weighted by Crippen LogP contribution is -2.31. The average molecular weight is 299 g/mol. The Morgan fingerprint density at radius 2 is 2.05 bits per heavy atom. The van der Waals surface area contributed by atoms with Gasteiger partial charge >= 0.3 is 6.03 Å². The van der Waals surface area contributed by atoms with Crippen molar-refractivity contribution in [2.75, 3.05) is 0 Å². The first kappa shape index (κ1) is 14.3. The maximum absolute atomic E-state index is 12.2. The molecule has 6 nitrogen and oxygen atoms in total. The van der Waals surface area contributed by atoms with Crippen molar-refractivity contribution in [2.24, 2.45) is 0 Å². The number of amides is 3. The van der Waals surface area contributed by atoms with Crippen LogP contribution in [0.2, 0.25) is 0 Å². The van der Waals surface area contributed by atoms with Crippen molar-refractivity contribution in [3.05, 3.63) is 42.3 Å². The van der Waals surface area contributed by atoms with Gasteiger partial charge in [-0.2, -0.15) is 0 Å². The first-order valence-corrected chi connectivity index (χ1v) is 7.30. The van der Waals surface area contributed by atoms with E-state index >= 15 is 0 Å². The van der Waals surface area contributed by atoms with Gasteiger partial charge in [-0.25, -0.2) is 9.78 Å². The van der Waals surface area contributed by atoms with Crippen LogP contribution in [0.25, 0.3) is 11.5 Å². The van der Waals surface area contributed by atoms with Crippen molar-refractivity contribution < 1.29 is 14.0 Å². The summed E-state index contributed by atoms with van der Waals surface area (Å²) in [5.41, 5.74) is 1.41. The number of carbonyl (C=O) groups is 2. The summed E-state index contributed by atoms with van der Waals surface area (Å²) in [6.45, 7) is 2.10. The van der Waals surface area contributed by atoms with Gasteiger partial charge in [-0.15, -0.1) is 0 Å². The smallest absolute Gasteiger partial charge is 0.325 e. The molecule has 1 aliphatic rings. The number of rotatable bonds is 5. The van der Waals surface area contributed by atoms with Gasteiger partial charge in [0.2, 0.25) is 5.89 Å². The number of benzene rings is 1. The highest BCUT2D eigenvalue weighted by atomic mass is 16.3. The predicted octanol–water partition coefficient (Wildman–Crippen LogP) is 2.56. The van der Waals surface area contributed by atoms with Crippen LogP contribution in [0.1, 0.15) is 25.5 Å². The standard InChI is InChI=1S/C16H17N3O3/c1-2-6-13-15(20)19(16(21)18-13)9-12-10-22-14(17-12)11-7-4-3-5-8-11/h3-5,7-8,10,13H,2,6,9H2,1H3,(H,18,21)/t13-/m0/s1. The van der Waals surface area contributed by atoms with Gasteiger partial charge in [-0.3, -0.25) is 9.69 Å². The molecular formula is C16H17N3O3. The first-order chi connectivity index (χ1) is 10.7. The molecule has 0 saturated carbocycles. The maximum Gasteiger partial charge on any atom is 0.325 e. The molecule has 6 heteroatoms. The molecule has 0 unspecified atom stereocenters. The Morgan fingerprint density at radius 1 is 1.27 bits per heavy atom. The van der Waals surface area contributed by atoms with E-state index in [9.17, 15) is 9.59 Å². The SMILES string of the molecule is CCC[C@@H]1NC(=O)N(Cc2coc(-c3ccccc3)n2)C1=O. The van der Waals surface area contributed by atoms with Crippen LogP contribution in [0.3, 0.4) is 0 Å². The Kier molecular flexibility index (Phi) is 3.91. The van der Waals surface area contributed by atoms with Crippen LogP contribution in [0.5, 0.6) is 0 Å². The molecule has 0 aliphatic carbocycles. The fourth-order valence-electron chi connectivity index (χ4n) is 2.47. The van der Waals surface area contributed by atoms with E-state index in [-0.39, 0.29) is 18.5 Å². The number of aromatic nitrogens is 1. The molecular weight excluding hydrogens is 282 g/mol. The highest BCUT2D eigenvalue weighted by Crippen LogP contribution is 2.20. The number of urea groups is 1. The van der Waals surface area contributed by atoms with E-state index in [4.69, 9.17) is 4.42 Å². The van der Waals surface area contributed by atoms with Crippen LogP contribution in [-0.2, 0) is 11.3 Å². The highest BCUT2D eigenvalue weighted by Gasteiger charge is 2.37. The predicted molar refractivity (Wildman–Crippen MR) is 79.7 cm³/mol. The second kappa shape index (κ2) is 6.01. The molecule has 114 valence electrons. The molecule has 22 heavy (non-hydrogen) atoms. The fourth-order valence-corrected chi connectivity index (χ4v) is 2.47. The van der Waals surface area contributed by atoms with Crippen LogP contribution >= 0.6 is 0 Å². The van der Waals surface area contributed by atoms with Crippen LogP contribution in [0, 0.1) is 0 Å². The number of oxazole rings is 1. The van der Waals surface area contributed by atoms with Gasteiger partial charge in [0.25, 0.3) is 5.91 Å². The second-order valence-electron chi connectivity index (χ2n) is 5.23. The van der Waals surface area contributed by atoms with E-state index in [0.717, 1.165) is 12.0 Å². The first-order valence-electron chi connectivity index (χ1n) is 7.30. The maximum atomic E-state index is 12.2. The minimum Gasteiger partial charge on any atom is -0.444 e. The Hall–Kier alpha value is -2.63. The molecule has 0 bridgehead atoms. The van der Waals surface area contributed by atoms with Crippen molar-refractivity contribution >= 4 is 11.9 Å².